The number of hydrogen-bond donors (Lipinski definition) is 1. The molecule has 0 saturated carbocycles. The molecular formula is C15H24N2O. The van der Waals surface area contributed by atoms with Crippen molar-refractivity contribution in [2.24, 2.45) is 0 Å². The minimum atomic E-state index is 0.305. The Morgan fingerprint density at radius 3 is 2.72 bits per heavy atom. The van der Waals surface area contributed by atoms with Crippen LogP contribution in [0.5, 0.6) is 0 Å². The maximum atomic E-state index is 5.73. The van der Waals surface area contributed by atoms with Gasteiger partial charge in [0.05, 0.1) is 12.7 Å². The van der Waals surface area contributed by atoms with Crippen molar-refractivity contribution < 1.29 is 4.74 Å². The van der Waals surface area contributed by atoms with Gasteiger partial charge in [-0.3, -0.25) is 0 Å². The number of ether oxygens (including phenoxy) is 1. The summed E-state index contributed by atoms with van der Waals surface area (Å²) in [4.78, 5) is 2.27. The van der Waals surface area contributed by atoms with E-state index in [9.17, 15) is 0 Å². The largest absolute Gasteiger partial charge is 0.374 e. The van der Waals surface area contributed by atoms with Crippen LogP contribution in [0.3, 0.4) is 0 Å². The predicted octanol–water partition coefficient (Wildman–Crippen LogP) is 2.06. The maximum Gasteiger partial charge on any atom is 0.0874 e. The molecule has 3 heteroatoms. The Labute approximate surface area is 110 Å². The van der Waals surface area contributed by atoms with Crippen molar-refractivity contribution in [3.05, 3.63) is 29.8 Å². The molecule has 1 N–H and O–H groups in total. The van der Waals surface area contributed by atoms with E-state index in [4.69, 9.17) is 4.74 Å². The predicted molar refractivity (Wildman–Crippen MR) is 76.3 cm³/mol. The van der Waals surface area contributed by atoms with Crippen LogP contribution in [0.15, 0.2) is 24.3 Å². The summed E-state index contributed by atoms with van der Waals surface area (Å²) < 4.78 is 5.73. The molecule has 1 heterocycles. The first-order chi connectivity index (χ1) is 8.79. The lowest BCUT2D eigenvalue weighted by atomic mass is 10.1. The lowest BCUT2D eigenvalue weighted by Gasteiger charge is -2.29. The SMILES string of the molecule is CCCc1ccc(N(C)CC2CNCCO2)cc1. The van der Waals surface area contributed by atoms with Gasteiger partial charge >= 0.3 is 0 Å². The van der Waals surface area contributed by atoms with Crippen molar-refractivity contribution in [3.63, 3.8) is 0 Å². The van der Waals surface area contributed by atoms with Crippen molar-refractivity contribution >= 4 is 5.69 Å². The van der Waals surface area contributed by atoms with Crippen molar-refractivity contribution in [1.29, 1.82) is 0 Å². The number of rotatable bonds is 5. The summed E-state index contributed by atoms with van der Waals surface area (Å²) in [5, 5.41) is 3.37. The highest BCUT2D eigenvalue weighted by Crippen LogP contribution is 2.15. The van der Waals surface area contributed by atoms with E-state index in [2.05, 4.69) is 48.5 Å². The van der Waals surface area contributed by atoms with Gasteiger partial charge in [-0.1, -0.05) is 25.5 Å². The van der Waals surface area contributed by atoms with Gasteiger partial charge in [-0.25, -0.2) is 0 Å². The topological polar surface area (TPSA) is 24.5 Å². The molecule has 1 aliphatic rings. The van der Waals surface area contributed by atoms with E-state index >= 15 is 0 Å². The van der Waals surface area contributed by atoms with E-state index in [0.29, 0.717) is 6.10 Å². The van der Waals surface area contributed by atoms with Crippen LogP contribution in [0, 0.1) is 0 Å². The van der Waals surface area contributed by atoms with E-state index in [1.165, 1.54) is 24.1 Å². The number of nitrogens with zero attached hydrogens (tertiary/aromatic N) is 1. The Hall–Kier alpha value is -1.06. The third-order valence-electron chi connectivity index (χ3n) is 3.40. The van der Waals surface area contributed by atoms with Crippen LogP contribution < -0.4 is 10.2 Å². The summed E-state index contributed by atoms with van der Waals surface area (Å²) in [6.07, 6.45) is 2.68. The molecule has 1 fully saturated rings. The van der Waals surface area contributed by atoms with Gasteiger partial charge in [0.25, 0.3) is 0 Å². The molecule has 0 bridgehead atoms. The van der Waals surface area contributed by atoms with E-state index in [1.807, 2.05) is 0 Å². The molecule has 0 aliphatic carbocycles. The lowest BCUT2D eigenvalue weighted by molar-refractivity contribution is 0.0340. The Morgan fingerprint density at radius 2 is 2.11 bits per heavy atom. The number of hydrogen-bond acceptors (Lipinski definition) is 3. The Balaban J connectivity index is 1.89. The zero-order chi connectivity index (χ0) is 12.8. The zero-order valence-electron chi connectivity index (χ0n) is 11.5. The first-order valence-corrected chi connectivity index (χ1v) is 6.92. The molecule has 1 aliphatic heterocycles. The molecular weight excluding hydrogens is 224 g/mol. The van der Waals surface area contributed by atoms with Crippen molar-refractivity contribution in [2.75, 3.05) is 38.2 Å². The van der Waals surface area contributed by atoms with Crippen LogP contribution in [0.4, 0.5) is 5.69 Å². The number of morpholine rings is 1. The first-order valence-electron chi connectivity index (χ1n) is 6.92. The van der Waals surface area contributed by atoms with Crippen LogP contribution in [0.1, 0.15) is 18.9 Å². The smallest absolute Gasteiger partial charge is 0.0874 e. The third-order valence-corrected chi connectivity index (χ3v) is 3.40. The van der Waals surface area contributed by atoms with Crippen molar-refractivity contribution in [1.82, 2.24) is 5.32 Å². The minimum Gasteiger partial charge on any atom is -0.374 e. The van der Waals surface area contributed by atoms with Crippen LogP contribution in [-0.4, -0.2) is 39.4 Å². The van der Waals surface area contributed by atoms with E-state index in [-0.39, 0.29) is 0 Å². The average molecular weight is 248 g/mol. The second-order valence-corrected chi connectivity index (χ2v) is 4.99. The highest BCUT2D eigenvalue weighted by Gasteiger charge is 2.15. The molecule has 1 atom stereocenters. The van der Waals surface area contributed by atoms with Crippen molar-refractivity contribution in [2.45, 2.75) is 25.9 Å². The van der Waals surface area contributed by atoms with Gasteiger partial charge < -0.3 is 15.0 Å². The van der Waals surface area contributed by atoms with Crippen LogP contribution in [0.25, 0.3) is 0 Å². The monoisotopic (exact) mass is 248 g/mol. The Kier molecular flexibility index (Phi) is 5.02. The first kappa shape index (κ1) is 13.4. The number of nitrogens with one attached hydrogen (secondary N) is 1. The number of aryl methyl sites for hydroxylation is 1. The van der Waals surface area contributed by atoms with Crippen LogP contribution >= 0.6 is 0 Å². The molecule has 2 rings (SSSR count). The van der Waals surface area contributed by atoms with E-state index < -0.39 is 0 Å². The van der Waals surface area contributed by atoms with Crippen LogP contribution in [-0.2, 0) is 11.2 Å². The summed E-state index contributed by atoms with van der Waals surface area (Å²) in [5.41, 5.74) is 2.69. The molecule has 18 heavy (non-hydrogen) atoms. The molecule has 0 radical (unpaired) electrons. The van der Waals surface area contributed by atoms with Gasteiger partial charge in [-0.05, 0) is 24.1 Å². The van der Waals surface area contributed by atoms with Gasteiger partial charge in [0.1, 0.15) is 0 Å². The molecule has 1 aromatic rings. The highest BCUT2D eigenvalue weighted by molar-refractivity contribution is 5.47. The van der Waals surface area contributed by atoms with Gasteiger partial charge in [0.15, 0.2) is 0 Å². The quantitative estimate of drug-likeness (QED) is 0.863. The standard InChI is InChI=1S/C15H24N2O/c1-3-4-13-5-7-14(8-6-13)17(2)12-15-11-16-9-10-18-15/h5-8,15-16H,3-4,9-12H2,1-2H3. The van der Waals surface area contributed by atoms with E-state index in [1.54, 1.807) is 0 Å². The fourth-order valence-corrected chi connectivity index (χ4v) is 2.35. The Bertz CT molecular complexity index is 344. The third kappa shape index (κ3) is 3.72. The highest BCUT2D eigenvalue weighted by atomic mass is 16.5. The fourth-order valence-electron chi connectivity index (χ4n) is 2.35. The number of benzene rings is 1. The maximum absolute atomic E-state index is 5.73. The molecule has 3 nitrogen and oxygen atoms in total. The summed E-state index contributed by atoms with van der Waals surface area (Å²) in [5.74, 6) is 0. The normalized spacial score (nSPS) is 19.8. The van der Waals surface area contributed by atoms with Gasteiger partial charge in [0, 0.05) is 32.4 Å². The molecule has 0 aromatic heterocycles. The molecule has 0 amide bonds. The number of likely N-dealkylation sites (N-methyl/N-ethyl adjacent to an activating group) is 1. The number of anilines is 1. The molecule has 1 aromatic carbocycles. The molecule has 1 unspecified atom stereocenters. The van der Waals surface area contributed by atoms with E-state index in [0.717, 1.165) is 26.2 Å². The zero-order valence-corrected chi connectivity index (χ0v) is 11.5. The summed E-state index contributed by atoms with van der Waals surface area (Å²) in [7, 11) is 2.13. The van der Waals surface area contributed by atoms with Gasteiger partial charge in [0.2, 0.25) is 0 Å². The molecule has 0 spiro atoms. The lowest BCUT2D eigenvalue weighted by Crippen LogP contribution is -2.44. The average Bonchev–Trinajstić information content (AvgIpc) is 2.41. The Morgan fingerprint density at radius 1 is 1.33 bits per heavy atom. The summed E-state index contributed by atoms with van der Waals surface area (Å²) >= 11 is 0. The molecule has 100 valence electrons. The fraction of sp³-hybridized carbons (Fsp3) is 0.600. The molecule has 1 saturated heterocycles. The van der Waals surface area contributed by atoms with Crippen LogP contribution in [0.2, 0.25) is 0 Å². The summed E-state index contributed by atoms with van der Waals surface area (Å²) in [6.45, 7) is 5.92. The second-order valence-electron chi connectivity index (χ2n) is 4.99. The van der Waals surface area contributed by atoms with Gasteiger partial charge in [-0.15, -0.1) is 0 Å². The summed E-state index contributed by atoms with van der Waals surface area (Å²) in [6, 6.07) is 8.88. The van der Waals surface area contributed by atoms with Gasteiger partial charge in [-0.2, -0.15) is 0 Å². The van der Waals surface area contributed by atoms with Crippen molar-refractivity contribution in [3.8, 4) is 0 Å². The minimum absolute atomic E-state index is 0.305. The second kappa shape index (κ2) is 6.76.